The standard InChI is InChI=1S/C14H16O3S/c1-14(2,3)12-8-10-6-4-5-7-11(10)9-13(12)18(15,16)17/h4-9H,1-3H3,(H,15,16,17)/p-1. The summed E-state index contributed by atoms with van der Waals surface area (Å²) in [4.78, 5) is -0.117. The highest BCUT2D eigenvalue weighted by atomic mass is 32.2. The summed E-state index contributed by atoms with van der Waals surface area (Å²) in [5.74, 6) is 0. The van der Waals surface area contributed by atoms with Crippen molar-refractivity contribution >= 4 is 20.9 Å². The molecule has 18 heavy (non-hydrogen) atoms. The maximum atomic E-state index is 11.4. The lowest BCUT2D eigenvalue weighted by Gasteiger charge is -2.24. The van der Waals surface area contributed by atoms with Crippen LogP contribution in [0.5, 0.6) is 0 Å². The second-order valence-corrected chi connectivity index (χ2v) is 6.75. The zero-order valence-electron chi connectivity index (χ0n) is 10.6. The van der Waals surface area contributed by atoms with Crippen molar-refractivity contribution < 1.29 is 13.0 Å². The van der Waals surface area contributed by atoms with Crippen LogP contribution in [-0.2, 0) is 15.5 Å². The highest BCUT2D eigenvalue weighted by Crippen LogP contribution is 2.32. The predicted octanol–water partition coefficient (Wildman–Crippen LogP) is 3.04. The Hall–Kier alpha value is -1.39. The molecule has 0 saturated heterocycles. The first kappa shape index (κ1) is 13.1. The van der Waals surface area contributed by atoms with Crippen LogP contribution in [-0.4, -0.2) is 13.0 Å². The Balaban J connectivity index is 2.90. The summed E-state index contributed by atoms with van der Waals surface area (Å²) in [7, 11) is -4.46. The number of rotatable bonds is 1. The lowest BCUT2D eigenvalue weighted by Crippen LogP contribution is -2.16. The van der Waals surface area contributed by atoms with Gasteiger partial charge in [-0.3, -0.25) is 0 Å². The second kappa shape index (κ2) is 4.07. The minimum absolute atomic E-state index is 0.117. The van der Waals surface area contributed by atoms with E-state index in [4.69, 9.17) is 0 Å². The van der Waals surface area contributed by atoms with E-state index in [-0.39, 0.29) is 4.90 Å². The normalized spacial score (nSPS) is 12.9. The van der Waals surface area contributed by atoms with Crippen LogP contribution in [0, 0.1) is 0 Å². The Morgan fingerprint density at radius 1 is 1.00 bits per heavy atom. The molecule has 0 fully saturated rings. The molecule has 0 N–H and O–H groups in total. The molecule has 4 heteroatoms. The topological polar surface area (TPSA) is 57.2 Å². The second-order valence-electron chi connectivity index (χ2n) is 5.40. The van der Waals surface area contributed by atoms with Gasteiger partial charge in [0.2, 0.25) is 0 Å². The SMILES string of the molecule is CC(C)(C)c1cc2ccccc2cc1S(=O)(=O)[O-]. The van der Waals surface area contributed by atoms with Gasteiger partial charge in [0.05, 0.1) is 4.90 Å². The van der Waals surface area contributed by atoms with Crippen molar-refractivity contribution in [3.8, 4) is 0 Å². The average Bonchev–Trinajstić information content (AvgIpc) is 2.25. The molecule has 0 radical (unpaired) electrons. The molecule has 0 unspecified atom stereocenters. The van der Waals surface area contributed by atoms with Crippen LogP contribution in [0.4, 0.5) is 0 Å². The van der Waals surface area contributed by atoms with E-state index in [0.29, 0.717) is 5.56 Å². The van der Waals surface area contributed by atoms with E-state index in [1.54, 1.807) is 12.1 Å². The summed E-state index contributed by atoms with van der Waals surface area (Å²) in [6.07, 6.45) is 0. The maximum Gasteiger partial charge on any atom is 0.124 e. The van der Waals surface area contributed by atoms with Gasteiger partial charge in [-0.05, 0) is 33.9 Å². The first-order chi connectivity index (χ1) is 8.19. The molecular formula is C14H15O3S-. The fourth-order valence-electron chi connectivity index (χ4n) is 2.01. The molecule has 0 heterocycles. The summed E-state index contributed by atoms with van der Waals surface area (Å²) in [5, 5.41) is 1.70. The number of hydrogen-bond donors (Lipinski definition) is 0. The summed E-state index contributed by atoms with van der Waals surface area (Å²) in [5.41, 5.74) is 0.174. The Bertz CT molecular complexity index is 695. The Kier molecular flexibility index (Phi) is 2.95. The van der Waals surface area contributed by atoms with Crippen molar-refractivity contribution in [2.24, 2.45) is 0 Å². The molecule has 0 aliphatic carbocycles. The molecule has 96 valence electrons. The molecule has 0 spiro atoms. The summed E-state index contributed by atoms with van der Waals surface area (Å²) < 4.78 is 34.2. The summed E-state index contributed by atoms with van der Waals surface area (Å²) in [6.45, 7) is 5.68. The average molecular weight is 263 g/mol. The van der Waals surface area contributed by atoms with Crippen LogP contribution in [0.1, 0.15) is 26.3 Å². The highest BCUT2D eigenvalue weighted by molar-refractivity contribution is 7.85. The summed E-state index contributed by atoms with van der Waals surface area (Å²) >= 11 is 0. The Labute approximate surface area is 107 Å². The van der Waals surface area contributed by atoms with Crippen LogP contribution >= 0.6 is 0 Å². The Morgan fingerprint density at radius 2 is 1.50 bits per heavy atom. The molecule has 0 aliphatic heterocycles. The monoisotopic (exact) mass is 263 g/mol. The third kappa shape index (κ3) is 2.40. The Morgan fingerprint density at radius 3 is 1.94 bits per heavy atom. The number of benzene rings is 2. The van der Waals surface area contributed by atoms with Gasteiger partial charge in [-0.2, -0.15) is 0 Å². The van der Waals surface area contributed by atoms with Crippen molar-refractivity contribution in [3.63, 3.8) is 0 Å². The van der Waals surface area contributed by atoms with Crippen LogP contribution in [0.3, 0.4) is 0 Å². The van der Waals surface area contributed by atoms with Gasteiger partial charge in [-0.15, -0.1) is 0 Å². The van der Waals surface area contributed by atoms with E-state index in [2.05, 4.69) is 0 Å². The predicted molar refractivity (Wildman–Crippen MR) is 70.6 cm³/mol. The smallest absolute Gasteiger partial charge is 0.124 e. The van der Waals surface area contributed by atoms with Crippen LogP contribution in [0.25, 0.3) is 10.8 Å². The van der Waals surface area contributed by atoms with Crippen molar-refractivity contribution in [1.82, 2.24) is 0 Å². The zero-order chi connectivity index (χ0) is 13.6. The van der Waals surface area contributed by atoms with E-state index in [0.717, 1.165) is 10.8 Å². The lowest BCUT2D eigenvalue weighted by molar-refractivity contribution is 0.457. The number of fused-ring (bicyclic) bond motifs is 1. The molecule has 0 saturated carbocycles. The van der Waals surface area contributed by atoms with Crippen molar-refractivity contribution in [2.45, 2.75) is 31.1 Å². The van der Waals surface area contributed by atoms with E-state index >= 15 is 0 Å². The largest absolute Gasteiger partial charge is 0.744 e. The fourth-order valence-corrected chi connectivity index (χ4v) is 2.92. The molecule has 0 amide bonds. The van der Waals surface area contributed by atoms with Gasteiger partial charge in [0.1, 0.15) is 10.1 Å². The number of hydrogen-bond acceptors (Lipinski definition) is 3. The molecule has 2 aromatic carbocycles. The van der Waals surface area contributed by atoms with Crippen LogP contribution in [0.15, 0.2) is 41.3 Å². The first-order valence-corrected chi connectivity index (χ1v) is 7.09. The van der Waals surface area contributed by atoms with E-state index in [1.807, 2.05) is 39.0 Å². The first-order valence-electron chi connectivity index (χ1n) is 5.69. The van der Waals surface area contributed by atoms with Gasteiger partial charge in [0, 0.05) is 0 Å². The fraction of sp³-hybridized carbons (Fsp3) is 0.286. The minimum Gasteiger partial charge on any atom is -0.744 e. The van der Waals surface area contributed by atoms with Crippen molar-refractivity contribution in [2.75, 3.05) is 0 Å². The highest BCUT2D eigenvalue weighted by Gasteiger charge is 2.21. The van der Waals surface area contributed by atoms with E-state index in [1.165, 1.54) is 6.07 Å². The van der Waals surface area contributed by atoms with Gasteiger partial charge in [0.15, 0.2) is 0 Å². The van der Waals surface area contributed by atoms with Gasteiger partial charge in [-0.1, -0.05) is 45.0 Å². The molecule has 0 bridgehead atoms. The third-order valence-corrected chi connectivity index (χ3v) is 3.80. The minimum atomic E-state index is -4.46. The van der Waals surface area contributed by atoms with Crippen LogP contribution in [0.2, 0.25) is 0 Å². The quantitative estimate of drug-likeness (QED) is 0.743. The van der Waals surface area contributed by atoms with Gasteiger partial charge in [0.25, 0.3) is 0 Å². The molecule has 2 aromatic rings. The molecule has 0 atom stereocenters. The molecule has 0 aliphatic rings. The van der Waals surface area contributed by atoms with Crippen molar-refractivity contribution in [1.29, 1.82) is 0 Å². The van der Waals surface area contributed by atoms with Crippen molar-refractivity contribution in [3.05, 3.63) is 42.0 Å². The van der Waals surface area contributed by atoms with E-state index in [9.17, 15) is 13.0 Å². The van der Waals surface area contributed by atoms with Gasteiger partial charge in [-0.25, -0.2) is 8.42 Å². The van der Waals surface area contributed by atoms with Crippen LogP contribution < -0.4 is 0 Å². The van der Waals surface area contributed by atoms with Gasteiger partial charge >= 0.3 is 0 Å². The maximum absolute atomic E-state index is 11.4. The molecule has 2 rings (SSSR count). The van der Waals surface area contributed by atoms with Gasteiger partial charge < -0.3 is 4.55 Å². The van der Waals surface area contributed by atoms with E-state index < -0.39 is 15.5 Å². The molecule has 3 nitrogen and oxygen atoms in total. The third-order valence-electron chi connectivity index (χ3n) is 2.93. The zero-order valence-corrected chi connectivity index (χ0v) is 11.4. The summed E-state index contributed by atoms with van der Waals surface area (Å²) in [6, 6.07) is 10.7. The lowest BCUT2D eigenvalue weighted by atomic mass is 9.86. The molecule has 0 aromatic heterocycles. The molecular weight excluding hydrogens is 248 g/mol.